The summed E-state index contributed by atoms with van der Waals surface area (Å²) in [6, 6.07) is 8.95. The van der Waals surface area contributed by atoms with Gasteiger partial charge in [-0.15, -0.1) is 0 Å². The molecule has 0 saturated carbocycles. The van der Waals surface area contributed by atoms with Crippen molar-refractivity contribution in [2.24, 2.45) is 5.73 Å². The fraction of sp³-hybridized carbons (Fsp3) is 0.0714. The van der Waals surface area contributed by atoms with Crippen LogP contribution in [0.1, 0.15) is 15.9 Å². The second kappa shape index (κ2) is 5.79. The Morgan fingerprint density at radius 3 is 2.65 bits per heavy atom. The second-order valence-electron chi connectivity index (χ2n) is 4.12. The van der Waals surface area contributed by atoms with Crippen LogP contribution in [0.15, 0.2) is 36.4 Å². The molecule has 0 fully saturated rings. The van der Waals surface area contributed by atoms with Crippen LogP contribution in [-0.2, 0) is 6.61 Å². The molecule has 0 bridgehead atoms. The van der Waals surface area contributed by atoms with Gasteiger partial charge in [-0.05, 0) is 18.2 Å². The largest absolute Gasteiger partial charge is 0.486 e. The first kappa shape index (κ1) is 14.1. The highest BCUT2D eigenvalue weighted by atomic mass is 35.5. The van der Waals surface area contributed by atoms with E-state index in [4.69, 9.17) is 27.8 Å². The number of nitrogens with two attached hydrogens (primary N) is 2. The van der Waals surface area contributed by atoms with Crippen molar-refractivity contribution in [2.45, 2.75) is 6.61 Å². The molecule has 0 saturated heterocycles. The highest BCUT2D eigenvalue weighted by molar-refractivity contribution is 6.33. The lowest BCUT2D eigenvalue weighted by Gasteiger charge is -2.12. The number of hydrogen-bond acceptors (Lipinski definition) is 3. The van der Waals surface area contributed by atoms with Crippen molar-refractivity contribution in [3.63, 3.8) is 0 Å². The number of primary amides is 1. The van der Waals surface area contributed by atoms with E-state index >= 15 is 0 Å². The molecule has 20 heavy (non-hydrogen) atoms. The number of anilines is 1. The van der Waals surface area contributed by atoms with Crippen LogP contribution in [-0.4, -0.2) is 5.91 Å². The third kappa shape index (κ3) is 3.00. The molecule has 0 spiro atoms. The minimum absolute atomic E-state index is 0.0614. The molecule has 0 atom stereocenters. The SMILES string of the molecule is NC(=O)c1cc(N)cc(Cl)c1OCc1ccccc1F. The summed E-state index contributed by atoms with van der Waals surface area (Å²) in [5.74, 6) is -1.03. The summed E-state index contributed by atoms with van der Waals surface area (Å²) in [6.07, 6.45) is 0. The first-order valence-electron chi connectivity index (χ1n) is 5.74. The molecule has 2 aromatic carbocycles. The van der Waals surface area contributed by atoms with Crippen LogP contribution in [0.5, 0.6) is 5.75 Å². The average molecular weight is 295 g/mol. The Labute approximate surface area is 120 Å². The van der Waals surface area contributed by atoms with Gasteiger partial charge in [0.25, 0.3) is 5.91 Å². The second-order valence-corrected chi connectivity index (χ2v) is 4.53. The van der Waals surface area contributed by atoms with Gasteiger partial charge < -0.3 is 16.2 Å². The molecular formula is C14H12ClFN2O2. The summed E-state index contributed by atoms with van der Waals surface area (Å²) in [7, 11) is 0. The third-order valence-electron chi connectivity index (χ3n) is 2.66. The van der Waals surface area contributed by atoms with Crippen LogP contribution in [0.2, 0.25) is 5.02 Å². The maximum atomic E-state index is 13.5. The van der Waals surface area contributed by atoms with E-state index in [1.54, 1.807) is 18.2 Å². The van der Waals surface area contributed by atoms with Crippen LogP contribution in [0.25, 0.3) is 0 Å². The lowest BCUT2D eigenvalue weighted by molar-refractivity contribution is 0.0996. The first-order chi connectivity index (χ1) is 9.49. The van der Waals surface area contributed by atoms with E-state index in [2.05, 4.69) is 0 Å². The molecule has 0 aliphatic carbocycles. The predicted molar refractivity (Wildman–Crippen MR) is 75.1 cm³/mol. The van der Waals surface area contributed by atoms with Crippen LogP contribution in [0.3, 0.4) is 0 Å². The molecule has 4 nitrogen and oxygen atoms in total. The highest BCUT2D eigenvalue weighted by Gasteiger charge is 2.15. The summed E-state index contributed by atoms with van der Waals surface area (Å²) < 4.78 is 18.9. The van der Waals surface area contributed by atoms with Gasteiger partial charge >= 0.3 is 0 Å². The van der Waals surface area contributed by atoms with Gasteiger partial charge in [-0.1, -0.05) is 29.8 Å². The van der Waals surface area contributed by atoms with Crippen LogP contribution < -0.4 is 16.2 Å². The molecule has 0 unspecified atom stereocenters. The number of rotatable bonds is 4. The molecule has 104 valence electrons. The molecular weight excluding hydrogens is 283 g/mol. The van der Waals surface area contributed by atoms with Gasteiger partial charge in [-0.3, -0.25) is 4.79 Å². The van der Waals surface area contributed by atoms with Gasteiger partial charge in [0.1, 0.15) is 12.4 Å². The van der Waals surface area contributed by atoms with Crippen LogP contribution in [0.4, 0.5) is 10.1 Å². The van der Waals surface area contributed by atoms with Gasteiger partial charge in [0, 0.05) is 11.3 Å². The molecule has 0 aromatic heterocycles. The lowest BCUT2D eigenvalue weighted by Crippen LogP contribution is -2.14. The van der Waals surface area contributed by atoms with E-state index in [-0.39, 0.29) is 22.9 Å². The summed E-state index contributed by atoms with van der Waals surface area (Å²) in [5.41, 5.74) is 11.5. The van der Waals surface area contributed by atoms with E-state index in [0.717, 1.165) is 0 Å². The Hall–Kier alpha value is -2.27. The summed E-state index contributed by atoms with van der Waals surface area (Å²) >= 11 is 5.98. The van der Waals surface area contributed by atoms with Gasteiger partial charge in [0.05, 0.1) is 10.6 Å². The number of carbonyl (C=O) groups is 1. The standard InChI is InChI=1S/C14H12ClFN2O2/c15-11-6-9(17)5-10(14(18)19)13(11)20-7-8-3-1-2-4-12(8)16/h1-6H,7,17H2,(H2,18,19). The third-order valence-corrected chi connectivity index (χ3v) is 2.94. The lowest BCUT2D eigenvalue weighted by atomic mass is 10.1. The van der Waals surface area contributed by atoms with Crippen molar-refractivity contribution in [2.75, 3.05) is 5.73 Å². The van der Waals surface area contributed by atoms with E-state index in [9.17, 15) is 9.18 Å². The number of ether oxygens (including phenoxy) is 1. The van der Waals surface area contributed by atoms with Crippen molar-refractivity contribution in [1.82, 2.24) is 0 Å². The molecule has 1 amide bonds. The molecule has 0 heterocycles. The highest BCUT2D eigenvalue weighted by Crippen LogP contribution is 2.32. The van der Waals surface area contributed by atoms with E-state index in [1.807, 2.05) is 0 Å². The van der Waals surface area contributed by atoms with Gasteiger partial charge in [-0.25, -0.2) is 4.39 Å². The number of benzene rings is 2. The van der Waals surface area contributed by atoms with Gasteiger partial charge in [0.2, 0.25) is 0 Å². The molecule has 4 N–H and O–H groups in total. The number of halogens is 2. The number of nitrogen functional groups attached to an aromatic ring is 1. The molecule has 2 aromatic rings. The number of hydrogen-bond donors (Lipinski definition) is 2. The van der Waals surface area contributed by atoms with E-state index in [1.165, 1.54) is 18.2 Å². The maximum absolute atomic E-state index is 13.5. The Morgan fingerprint density at radius 2 is 2.00 bits per heavy atom. The van der Waals surface area contributed by atoms with E-state index in [0.29, 0.717) is 11.3 Å². The van der Waals surface area contributed by atoms with Crippen LogP contribution in [0, 0.1) is 5.82 Å². The van der Waals surface area contributed by atoms with Crippen molar-refractivity contribution in [1.29, 1.82) is 0 Å². The zero-order chi connectivity index (χ0) is 14.7. The van der Waals surface area contributed by atoms with E-state index < -0.39 is 11.7 Å². The number of amides is 1. The molecule has 0 radical (unpaired) electrons. The minimum atomic E-state index is -0.720. The molecule has 0 aliphatic rings. The van der Waals surface area contributed by atoms with Gasteiger partial charge in [0.15, 0.2) is 5.75 Å². The van der Waals surface area contributed by atoms with Crippen LogP contribution >= 0.6 is 11.6 Å². The quantitative estimate of drug-likeness (QED) is 0.851. The first-order valence-corrected chi connectivity index (χ1v) is 6.12. The average Bonchev–Trinajstić information content (AvgIpc) is 2.38. The van der Waals surface area contributed by atoms with Crippen molar-refractivity contribution in [3.05, 3.63) is 58.4 Å². The summed E-state index contributed by atoms with van der Waals surface area (Å²) in [4.78, 5) is 11.4. The Bertz CT molecular complexity index is 662. The Kier molecular flexibility index (Phi) is 4.10. The summed E-state index contributed by atoms with van der Waals surface area (Å²) in [6.45, 7) is -0.0728. The van der Waals surface area contributed by atoms with Gasteiger partial charge in [-0.2, -0.15) is 0 Å². The maximum Gasteiger partial charge on any atom is 0.252 e. The minimum Gasteiger partial charge on any atom is -0.486 e. The fourth-order valence-corrected chi connectivity index (χ4v) is 1.99. The van der Waals surface area contributed by atoms with Crippen molar-refractivity contribution in [3.8, 4) is 5.75 Å². The Balaban J connectivity index is 2.30. The van der Waals surface area contributed by atoms with Crippen molar-refractivity contribution < 1.29 is 13.9 Å². The normalized spacial score (nSPS) is 10.3. The molecule has 0 aliphatic heterocycles. The fourth-order valence-electron chi connectivity index (χ4n) is 1.71. The Morgan fingerprint density at radius 1 is 1.30 bits per heavy atom. The molecule has 2 rings (SSSR count). The molecule has 6 heteroatoms. The topological polar surface area (TPSA) is 78.3 Å². The van der Waals surface area contributed by atoms with Crippen molar-refractivity contribution >= 4 is 23.2 Å². The predicted octanol–water partition coefficient (Wildman–Crippen LogP) is 2.74. The smallest absolute Gasteiger partial charge is 0.252 e. The zero-order valence-electron chi connectivity index (χ0n) is 10.4. The monoisotopic (exact) mass is 294 g/mol. The summed E-state index contributed by atoms with van der Waals surface area (Å²) in [5, 5.41) is 0.148. The number of carbonyl (C=O) groups excluding carboxylic acids is 1. The zero-order valence-corrected chi connectivity index (χ0v) is 11.2.